The molecule has 1 aliphatic heterocycles. The van der Waals surface area contributed by atoms with Crippen molar-refractivity contribution in [3.8, 4) is 11.5 Å². The Morgan fingerprint density at radius 2 is 2.07 bits per heavy atom. The number of piperidine rings is 1. The van der Waals surface area contributed by atoms with E-state index >= 15 is 0 Å². The van der Waals surface area contributed by atoms with Gasteiger partial charge >= 0.3 is 0 Å². The number of aromatic nitrogens is 4. The highest BCUT2D eigenvalue weighted by molar-refractivity contribution is 5.93. The number of hydrogen-bond acceptors (Lipinski definition) is 9. The second kappa shape index (κ2) is 13.5. The molecule has 0 bridgehead atoms. The molecular formula is C29H33F2N7O4. The minimum Gasteiger partial charge on any atom is -0.493 e. The SMILES string of the molecule is COc1cc2c(Nc3cnn(CC(=O)Nc4cccc(F)c4F)c3)ncnc2cc1OCCN1CCCCC1CCO. The van der Waals surface area contributed by atoms with Crippen molar-refractivity contribution in [2.24, 2.45) is 0 Å². The third kappa shape index (κ3) is 6.92. The summed E-state index contributed by atoms with van der Waals surface area (Å²) in [4.78, 5) is 23.5. The van der Waals surface area contributed by atoms with Crippen LogP contribution in [0.5, 0.6) is 11.5 Å². The first kappa shape index (κ1) is 29.1. The summed E-state index contributed by atoms with van der Waals surface area (Å²) in [7, 11) is 1.57. The summed E-state index contributed by atoms with van der Waals surface area (Å²) in [5.41, 5.74) is 0.953. The number of methoxy groups -OCH3 is 1. The molecule has 1 amide bonds. The minimum absolute atomic E-state index is 0.185. The number of hydrogen-bond donors (Lipinski definition) is 3. The van der Waals surface area contributed by atoms with E-state index in [4.69, 9.17) is 9.47 Å². The predicted molar refractivity (Wildman–Crippen MR) is 153 cm³/mol. The van der Waals surface area contributed by atoms with E-state index in [9.17, 15) is 18.7 Å². The molecule has 1 unspecified atom stereocenters. The van der Waals surface area contributed by atoms with E-state index < -0.39 is 17.5 Å². The maximum atomic E-state index is 13.9. The molecule has 1 atom stereocenters. The van der Waals surface area contributed by atoms with Crippen molar-refractivity contribution in [1.82, 2.24) is 24.6 Å². The number of likely N-dealkylation sites (tertiary alicyclic amines) is 1. The quantitative estimate of drug-likeness (QED) is 0.227. The van der Waals surface area contributed by atoms with Crippen LogP contribution in [0.25, 0.3) is 10.9 Å². The van der Waals surface area contributed by atoms with Crippen molar-refractivity contribution in [2.45, 2.75) is 38.3 Å². The molecule has 1 saturated heterocycles. The largest absolute Gasteiger partial charge is 0.493 e. The van der Waals surface area contributed by atoms with E-state index in [1.165, 1.54) is 35.8 Å². The lowest BCUT2D eigenvalue weighted by Crippen LogP contribution is -2.42. The molecular weight excluding hydrogens is 548 g/mol. The number of anilines is 3. The smallest absolute Gasteiger partial charge is 0.246 e. The van der Waals surface area contributed by atoms with Crippen LogP contribution >= 0.6 is 0 Å². The number of carbonyl (C=O) groups is 1. The van der Waals surface area contributed by atoms with Gasteiger partial charge in [-0.25, -0.2) is 18.7 Å². The van der Waals surface area contributed by atoms with Crippen LogP contribution in [-0.2, 0) is 11.3 Å². The Morgan fingerprint density at radius 3 is 2.90 bits per heavy atom. The predicted octanol–water partition coefficient (Wildman–Crippen LogP) is 4.11. The molecule has 4 aromatic rings. The fourth-order valence-electron chi connectivity index (χ4n) is 5.13. The molecule has 1 aliphatic rings. The van der Waals surface area contributed by atoms with Gasteiger partial charge in [0.15, 0.2) is 23.1 Å². The maximum absolute atomic E-state index is 13.9. The highest BCUT2D eigenvalue weighted by atomic mass is 19.2. The van der Waals surface area contributed by atoms with Gasteiger partial charge < -0.3 is 25.2 Å². The van der Waals surface area contributed by atoms with Crippen molar-refractivity contribution >= 4 is 34.0 Å². The average molecular weight is 582 g/mol. The van der Waals surface area contributed by atoms with Crippen LogP contribution in [-0.4, -0.2) is 75.1 Å². The lowest BCUT2D eigenvalue weighted by Gasteiger charge is -2.35. The molecule has 3 N–H and O–H groups in total. The van der Waals surface area contributed by atoms with Crippen LogP contribution in [0.4, 0.5) is 26.0 Å². The molecule has 222 valence electrons. The monoisotopic (exact) mass is 581 g/mol. The van der Waals surface area contributed by atoms with Crippen molar-refractivity contribution in [3.05, 3.63) is 60.7 Å². The van der Waals surface area contributed by atoms with Gasteiger partial charge in [-0.1, -0.05) is 12.5 Å². The normalized spacial score (nSPS) is 15.5. The first-order valence-corrected chi connectivity index (χ1v) is 13.8. The van der Waals surface area contributed by atoms with Gasteiger partial charge in [0.05, 0.1) is 30.2 Å². The summed E-state index contributed by atoms with van der Waals surface area (Å²) < 4.78 is 40.4. The van der Waals surface area contributed by atoms with Gasteiger partial charge in [0.2, 0.25) is 5.91 Å². The van der Waals surface area contributed by atoms with E-state index in [0.717, 1.165) is 38.4 Å². The average Bonchev–Trinajstić information content (AvgIpc) is 3.42. The third-order valence-electron chi connectivity index (χ3n) is 7.20. The van der Waals surface area contributed by atoms with E-state index in [2.05, 4.69) is 30.6 Å². The van der Waals surface area contributed by atoms with E-state index in [0.29, 0.717) is 46.6 Å². The Kier molecular flexibility index (Phi) is 9.39. The van der Waals surface area contributed by atoms with Gasteiger partial charge in [0.1, 0.15) is 25.3 Å². The summed E-state index contributed by atoms with van der Waals surface area (Å²) in [6.45, 7) is 2.19. The molecule has 3 heterocycles. The van der Waals surface area contributed by atoms with Crippen LogP contribution in [0.3, 0.4) is 0 Å². The summed E-state index contributed by atoms with van der Waals surface area (Å²) in [6.07, 6.45) is 8.73. The Labute approximate surface area is 241 Å². The number of aliphatic hydroxyl groups is 1. The van der Waals surface area contributed by atoms with Crippen molar-refractivity contribution in [1.29, 1.82) is 0 Å². The summed E-state index contributed by atoms with van der Waals surface area (Å²) in [5.74, 6) is -1.14. The lowest BCUT2D eigenvalue weighted by atomic mass is 10.00. The van der Waals surface area contributed by atoms with E-state index in [1.54, 1.807) is 19.4 Å². The number of fused-ring (bicyclic) bond motifs is 1. The minimum atomic E-state index is -1.12. The van der Waals surface area contributed by atoms with Crippen LogP contribution in [0, 0.1) is 11.6 Å². The van der Waals surface area contributed by atoms with Crippen LogP contribution in [0.2, 0.25) is 0 Å². The second-order valence-electron chi connectivity index (χ2n) is 9.99. The summed E-state index contributed by atoms with van der Waals surface area (Å²) in [6, 6.07) is 7.55. The van der Waals surface area contributed by atoms with Crippen LogP contribution in [0.1, 0.15) is 25.7 Å². The fourth-order valence-corrected chi connectivity index (χ4v) is 5.13. The molecule has 5 rings (SSSR count). The molecule has 0 aliphatic carbocycles. The van der Waals surface area contributed by atoms with Crippen molar-refractivity contribution in [2.75, 3.05) is 44.0 Å². The van der Waals surface area contributed by atoms with Crippen LogP contribution < -0.4 is 20.1 Å². The van der Waals surface area contributed by atoms with Crippen LogP contribution in [0.15, 0.2) is 49.1 Å². The zero-order valence-electron chi connectivity index (χ0n) is 23.2. The molecule has 42 heavy (non-hydrogen) atoms. The molecule has 1 fully saturated rings. The Hall–Kier alpha value is -4.36. The third-order valence-corrected chi connectivity index (χ3v) is 7.20. The number of nitrogens with zero attached hydrogens (tertiary/aromatic N) is 5. The number of carbonyl (C=O) groups excluding carboxylic acids is 1. The van der Waals surface area contributed by atoms with Gasteiger partial charge in [-0.05, 0) is 44.0 Å². The highest BCUT2D eigenvalue weighted by Gasteiger charge is 2.22. The van der Waals surface area contributed by atoms with E-state index in [-0.39, 0.29) is 18.8 Å². The molecule has 11 nitrogen and oxygen atoms in total. The lowest BCUT2D eigenvalue weighted by molar-refractivity contribution is -0.116. The Balaban J connectivity index is 1.24. The molecule has 2 aromatic heterocycles. The zero-order valence-corrected chi connectivity index (χ0v) is 23.2. The van der Waals surface area contributed by atoms with Crippen molar-refractivity contribution < 1.29 is 28.2 Å². The second-order valence-corrected chi connectivity index (χ2v) is 9.99. The maximum Gasteiger partial charge on any atom is 0.246 e. The number of rotatable bonds is 12. The zero-order chi connectivity index (χ0) is 29.5. The highest BCUT2D eigenvalue weighted by Crippen LogP contribution is 2.35. The molecule has 0 spiro atoms. The number of aliphatic hydroxyl groups excluding tert-OH is 1. The molecule has 0 radical (unpaired) electrons. The topological polar surface area (TPSA) is 127 Å². The number of nitrogens with one attached hydrogen (secondary N) is 2. The molecule has 0 saturated carbocycles. The van der Waals surface area contributed by atoms with Gasteiger partial charge in [-0.15, -0.1) is 0 Å². The first-order valence-electron chi connectivity index (χ1n) is 13.8. The van der Waals surface area contributed by atoms with Gasteiger partial charge in [0.25, 0.3) is 0 Å². The number of halogens is 2. The van der Waals surface area contributed by atoms with Gasteiger partial charge in [0, 0.05) is 36.8 Å². The van der Waals surface area contributed by atoms with E-state index in [1.807, 2.05) is 6.07 Å². The number of benzene rings is 2. The molecule has 13 heteroatoms. The number of ether oxygens (including phenoxy) is 2. The molecule has 2 aromatic carbocycles. The van der Waals surface area contributed by atoms with Crippen molar-refractivity contribution in [3.63, 3.8) is 0 Å². The fraction of sp³-hybridized carbons (Fsp3) is 0.379. The number of amides is 1. The van der Waals surface area contributed by atoms with Gasteiger partial charge in [-0.3, -0.25) is 14.4 Å². The Morgan fingerprint density at radius 1 is 1.19 bits per heavy atom. The summed E-state index contributed by atoms with van der Waals surface area (Å²) in [5, 5.41) is 19.8. The Bertz CT molecular complexity index is 1530. The first-order chi connectivity index (χ1) is 20.4. The summed E-state index contributed by atoms with van der Waals surface area (Å²) >= 11 is 0. The standard InChI is InChI=1S/C29H33F2N7O4/c1-41-25-13-21-24(14-26(25)42-12-10-37-9-3-2-5-20(37)8-11-39)32-18-33-29(21)35-19-15-34-38(16-19)17-27(40)36-23-7-4-6-22(30)28(23)31/h4,6-7,13-16,18,20,39H,2-3,5,8-12,17H2,1H3,(H,36,40)(H,32,33,35). The van der Waals surface area contributed by atoms with Gasteiger partial charge in [-0.2, -0.15) is 5.10 Å².